The van der Waals surface area contributed by atoms with E-state index in [0.717, 1.165) is 13.0 Å². The predicted molar refractivity (Wildman–Crippen MR) is 100 cm³/mol. The molecule has 4 nitrogen and oxygen atoms in total. The molecule has 29 heavy (non-hydrogen) atoms. The number of benzene rings is 2. The Kier molecular flexibility index (Phi) is 7.24. The second-order valence-electron chi connectivity index (χ2n) is 6.56. The minimum absolute atomic E-state index is 0.0814. The fourth-order valence-electron chi connectivity index (χ4n) is 2.81. The molecule has 0 radical (unpaired) electrons. The van der Waals surface area contributed by atoms with E-state index in [1.807, 2.05) is 0 Å². The number of rotatable bonds is 7. The Morgan fingerprint density at radius 1 is 1.14 bits per heavy atom. The molecule has 0 bridgehead atoms. The molecule has 156 valence electrons. The van der Waals surface area contributed by atoms with Gasteiger partial charge in [-0.2, -0.15) is 13.2 Å². The first-order valence-electron chi connectivity index (χ1n) is 8.62. The molecule has 0 aromatic heterocycles. The van der Waals surface area contributed by atoms with Crippen molar-refractivity contribution in [1.29, 1.82) is 0 Å². The van der Waals surface area contributed by atoms with E-state index in [-0.39, 0.29) is 24.1 Å². The fourth-order valence-corrected chi connectivity index (χ4v) is 2.94. The van der Waals surface area contributed by atoms with Crippen molar-refractivity contribution in [3.05, 3.63) is 64.4 Å². The number of halogens is 5. The van der Waals surface area contributed by atoms with Gasteiger partial charge in [-0.25, -0.2) is 4.39 Å². The summed E-state index contributed by atoms with van der Waals surface area (Å²) in [5.41, 5.74) is 0.196. The van der Waals surface area contributed by atoms with E-state index in [4.69, 9.17) is 16.7 Å². The number of anilines is 1. The lowest BCUT2D eigenvalue weighted by atomic mass is 9.86. The molecule has 0 unspecified atom stereocenters. The van der Waals surface area contributed by atoms with Gasteiger partial charge in [-0.1, -0.05) is 36.7 Å². The highest BCUT2D eigenvalue weighted by Crippen LogP contribution is 2.38. The third-order valence-corrected chi connectivity index (χ3v) is 4.70. The highest BCUT2D eigenvalue weighted by molar-refractivity contribution is 6.30. The number of carbonyl (C=O) groups is 2. The van der Waals surface area contributed by atoms with Crippen LogP contribution in [0.2, 0.25) is 5.02 Å². The molecule has 0 fully saturated rings. The van der Waals surface area contributed by atoms with Crippen LogP contribution >= 0.6 is 11.6 Å². The van der Waals surface area contributed by atoms with E-state index >= 15 is 0 Å². The van der Waals surface area contributed by atoms with Gasteiger partial charge in [0.05, 0.1) is 17.5 Å². The summed E-state index contributed by atoms with van der Waals surface area (Å²) in [5.74, 6) is -6.60. The molecule has 1 amide bonds. The summed E-state index contributed by atoms with van der Waals surface area (Å²) in [5, 5.41) is 11.2. The number of carboxylic acid groups (broad SMARTS) is 1. The van der Waals surface area contributed by atoms with Gasteiger partial charge in [0.25, 0.3) is 0 Å². The van der Waals surface area contributed by atoms with Crippen LogP contribution in [0, 0.1) is 11.7 Å². The largest absolute Gasteiger partial charge is 0.481 e. The van der Waals surface area contributed by atoms with Crippen molar-refractivity contribution in [1.82, 2.24) is 0 Å². The van der Waals surface area contributed by atoms with Crippen molar-refractivity contribution < 1.29 is 32.3 Å². The fraction of sp³-hybridized carbons (Fsp3) is 0.300. The van der Waals surface area contributed by atoms with Crippen molar-refractivity contribution in [2.24, 2.45) is 5.92 Å². The van der Waals surface area contributed by atoms with Crippen molar-refractivity contribution in [3.63, 3.8) is 0 Å². The monoisotopic (exact) mass is 431 g/mol. The Labute approximate surface area is 169 Å². The summed E-state index contributed by atoms with van der Waals surface area (Å²) in [4.78, 5) is 23.4. The average molecular weight is 432 g/mol. The van der Waals surface area contributed by atoms with Crippen molar-refractivity contribution >= 4 is 29.2 Å². The van der Waals surface area contributed by atoms with Crippen LogP contribution in [-0.2, 0) is 16.0 Å². The van der Waals surface area contributed by atoms with Gasteiger partial charge < -0.3 is 10.4 Å². The van der Waals surface area contributed by atoms with Crippen LogP contribution in [0.15, 0.2) is 42.5 Å². The van der Waals surface area contributed by atoms with Crippen molar-refractivity contribution in [3.8, 4) is 0 Å². The predicted octanol–water partition coefficient (Wildman–Crippen LogP) is 5.42. The lowest BCUT2D eigenvalue weighted by Crippen LogP contribution is -2.34. The Hall–Kier alpha value is -2.61. The van der Waals surface area contributed by atoms with Gasteiger partial charge in [0, 0.05) is 11.4 Å². The molecular formula is C20H18ClF4NO3. The summed E-state index contributed by atoms with van der Waals surface area (Å²) in [7, 11) is 0. The average Bonchev–Trinajstić information content (AvgIpc) is 2.63. The molecule has 0 saturated heterocycles. The standard InChI is InChI=1S/C20H18ClF4NO3/c1-11(20(23,24)25)18(13-4-6-14(21)7-5-13)19(29)26-16-10-12(2-8-15(16)22)3-9-17(27)28/h2,4-8,10-11,18H,3,9H2,1H3,(H,26,29)(H,27,28)/t11-,18+/m1/s1. The summed E-state index contributed by atoms with van der Waals surface area (Å²) in [6.07, 6.45) is -4.79. The maximum Gasteiger partial charge on any atom is 0.392 e. The van der Waals surface area contributed by atoms with E-state index in [1.165, 1.54) is 36.4 Å². The van der Waals surface area contributed by atoms with Gasteiger partial charge in [0.2, 0.25) is 5.91 Å². The number of alkyl halides is 3. The Bertz CT molecular complexity index is 884. The Morgan fingerprint density at radius 2 is 1.76 bits per heavy atom. The van der Waals surface area contributed by atoms with Crippen LogP contribution in [0.4, 0.5) is 23.2 Å². The van der Waals surface area contributed by atoms with Crippen LogP contribution in [-0.4, -0.2) is 23.2 Å². The van der Waals surface area contributed by atoms with Crippen molar-refractivity contribution in [2.75, 3.05) is 5.32 Å². The molecule has 0 saturated carbocycles. The first kappa shape index (κ1) is 22.7. The third kappa shape index (κ3) is 6.19. The minimum atomic E-state index is -4.66. The quantitative estimate of drug-likeness (QED) is 0.575. The van der Waals surface area contributed by atoms with Crippen LogP contribution < -0.4 is 5.32 Å². The molecule has 2 rings (SSSR count). The van der Waals surface area contributed by atoms with E-state index in [1.54, 1.807) is 0 Å². The number of hydrogen-bond acceptors (Lipinski definition) is 2. The van der Waals surface area contributed by atoms with Gasteiger partial charge in [0.15, 0.2) is 0 Å². The summed E-state index contributed by atoms with van der Waals surface area (Å²) < 4.78 is 54.2. The topological polar surface area (TPSA) is 66.4 Å². The molecule has 0 aliphatic heterocycles. The maximum atomic E-state index is 14.1. The number of aliphatic carboxylic acids is 1. The Balaban J connectivity index is 2.33. The number of nitrogens with one attached hydrogen (secondary N) is 1. The molecule has 9 heteroatoms. The van der Waals surface area contributed by atoms with Gasteiger partial charge >= 0.3 is 12.1 Å². The molecule has 2 aromatic carbocycles. The molecule has 0 aliphatic carbocycles. The van der Waals surface area contributed by atoms with Crippen molar-refractivity contribution in [2.45, 2.75) is 31.9 Å². The smallest absolute Gasteiger partial charge is 0.392 e. The summed E-state index contributed by atoms with van der Waals surface area (Å²) in [6.45, 7) is 0.874. The second-order valence-corrected chi connectivity index (χ2v) is 6.99. The van der Waals surface area contributed by atoms with Crippen LogP contribution in [0.3, 0.4) is 0 Å². The van der Waals surface area contributed by atoms with Crippen LogP contribution in [0.1, 0.15) is 30.4 Å². The number of amides is 1. The lowest BCUT2D eigenvalue weighted by Gasteiger charge is -2.26. The third-order valence-electron chi connectivity index (χ3n) is 4.44. The van der Waals surface area contributed by atoms with Crippen LogP contribution in [0.5, 0.6) is 0 Å². The molecule has 0 spiro atoms. The van der Waals surface area contributed by atoms with Crippen LogP contribution in [0.25, 0.3) is 0 Å². The molecule has 0 aliphatic rings. The van der Waals surface area contributed by atoms with E-state index < -0.39 is 35.7 Å². The molecule has 0 heterocycles. The van der Waals surface area contributed by atoms with E-state index in [2.05, 4.69) is 5.32 Å². The molecule has 2 N–H and O–H groups in total. The maximum absolute atomic E-state index is 14.1. The number of carboxylic acids is 1. The zero-order valence-electron chi connectivity index (χ0n) is 15.3. The summed E-state index contributed by atoms with van der Waals surface area (Å²) >= 11 is 5.77. The first-order chi connectivity index (χ1) is 13.5. The number of aryl methyl sites for hydroxylation is 1. The van der Waals surface area contributed by atoms with Gasteiger partial charge in [-0.05, 0) is 41.8 Å². The lowest BCUT2D eigenvalue weighted by molar-refractivity contribution is -0.178. The van der Waals surface area contributed by atoms with E-state index in [0.29, 0.717) is 10.6 Å². The summed E-state index contributed by atoms with van der Waals surface area (Å²) in [6, 6.07) is 8.96. The van der Waals surface area contributed by atoms with E-state index in [9.17, 15) is 27.2 Å². The zero-order valence-corrected chi connectivity index (χ0v) is 16.0. The molecule has 2 aromatic rings. The van der Waals surface area contributed by atoms with Gasteiger partial charge in [0.1, 0.15) is 5.82 Å². The first-order valence-corrected chi connectivity index (χ1v) is 9.00. The highest BCUT2D eigenvalue weighted by atomic mass is 35.5. The number of carbonyl (C=O) groups excluding carboxylic acids is 1. The minimum Gasteiger partial charge on any atom is -0.481 e. The highest BCUT2D eigenvalue weighted by Gasteiger charge is 2.45. The Morgan fingerprint density at radius 3 is 2.31 bits per heavy atom. The second kappa shape index (κ2) is 9.26. The van der Waals surface area contributed by atoms with Gasteiger partial charge in [-0.15, -0.1) is 0 Å². The normalized spacial score (nSPS) is 13.6. The SMILES string of the molecule is C[C@H]([C@H](C(=O)Nc1cc(CCC(=O)O)ccc1F)c1ccc(Cl)cc1)C(F)(F)F. The number of hydrogen-bond donors (Lipinski definition) is 2. The molecular weight excluding hydrogens is 414 g/mol. The molecule has 2 atom stereocenters. The zero-order chi connectivity index (χ0) is 21.8. The van der Waals surface area contributed by atoms with Gasteiger partial charge in [-0.3, -0.25) is 9.59 Å².